The minimum Gasteiger partial charge on any atom is -0.374 e. The fourth-order valence-electron chi connectivity index (χ4n) is 6.92. The molecule has 0 aromatic heterocycles. The molecule has 276 valence electrons. The van der Waals surface area contributed by atoms with Crippen LogP contribution in [0.15, 0.2) is 175 Å². The van der Waals surface area contributed by atoms with Gasteiger partial charge in [0, 0.05) is 4.90 Å². The monoisotopic (exact) mass is 736 g/mol. The van der Waals surface area contributed by atoms with Gasteiger partial charge in [-0.15, -0.1) is 11.8 Å². The van der Waals surface area contributed by atoms with E-state index in [1.54, 1.807) is 11.8 Å². The van der Waals surface area contributed by atoms with Crippen LogP contribution in [-0.2, 0) is 56.5 Å². The zero-order valence-electron chi connectivity index (χ0n) is 30.7. The Labute approximate surface area is 324 Å². The lowest BCUT2D eigenvalue weighted by Gasteiger charge is -2.46. The van der Waals surface area contributed by atoms with Crippen molar-refractivity contribution in [1.29, 1.82) is 0 Å². The second kappa shape index (κ2) is 19.7. The zero-order valence-corrected chi connectivity index (χ0v) is 31.6. The van der Waals surface area contributed by atoms with Crippen molar-refractivity contribution in [1.82, 2.24) is 0 Å². The molecule has 6 heteroatoms. The SMILES string of the molecule is CSc1ccc(Cc2cccc([C@@H]3O[C@H](COCc4ccccc4)[C@@H](OCc4ccccc4)[C@H](OCc4ccccc4)[C@H]3OCc3ccccc3)c2)cc1. The van der Waals surface area contributed by atoms with Gasteiger partial charge < -0.3 is 23.7 Å². The maximum absolute atomic E-state index is 7.17. The molecule has 1 heterocycles. The molecular formula is C48H48O5S. The lowest BCUT2D eigenvalue weighted by Crippen LogP contribution is -2.58. The third-order valence-electron chi connectivity index (χ3n) is 9.73. The third kappa shape index (κ3) is 10.6. The summed E-state index contributed by atoms with van der Waals surface area (Å²) in [6, 6.07) is 58.5. The van der Waals surface area contributed by atoms with Gasteiger partial charge in [-0.1, -0.05) is 158 Å². The molecule has 0 spiro atoms. The van der Waals surface area contributed by atoms with E-state index in [9.17, 15) is 0 Å². The van der Waals surface area contributed by atoms with E-state index in [-0.39, 0.29) is 0 Å². The van der Waals surface area contributed by atoms with Gasteiger partial charge in [0.05, 0.1) is 33.0 Å². The second-order valence-corrected chi connectivity index (χ2v) is 14.5. The van der Waals surface area contributed by atoms with Crippen LogP contribution in [0.5, 0.6) is 0 Å². The number of hydrogen-bond donors (Lipinski definition) is 0. The highest BCUT2D eigenvalue weighted by atomic mass is 32.2. The molecule has 0 saturated carbocycles. The Hall–Kier alpha value is -4.53. The standard InChI is InChI=1S/C48H48O5S/c1-54-43-27-25-36(26-28-43)29-41-23-14-24-42(30-41)45-47(51-33-39-19-10-4-11-20-39)48(52-34-40-21-12-5-13-22-40)46(50-32-38-17-8-3-9-18-38)44(53-45)35-49-31-37-15-6-2-7-16-37/h2-28,30,44-48H,29,31-35H2,1H3/t44-,45+,46-,47+,48+/m1/s1. The van der Waals surface area contributed by atoms with Crippen LogP contribution in [0.25, 0.3) is 0 Å². The van der Waals surface area contributed by atoms with Crippen molar-refractivity contribution >= 4 is 11.8 Å². The largest absolute Gasteiger partial charge is 0.374 e. The average molecular weight is 737 g/mol. The summed E-state index contributed by atoms with van der Waals surface area (Å²) in [6.45, 7) is 1.99. The van der Waals surface area contributed by atoms with Crippen molar-refractivity contribution in [3.8, 4) is 0 Å². The lowest BCUT2D eigenvalue weighted by molar-refractivity contribution is -0.275. The quantitative estimate of drug-likeness (QED) is 0.0869. The smallest absolute Gasteiger partial charge is 0.117 e. The van der Waals surface area contributed by atoms with Crippen molar-refractivity contribution in [2.45, 2.75) is 68.3 Å². The fourth-order valence-corrected chi connectivity index (χ4v) is 7.33. The number of benzene rings is 6. The van der Waals surface area contributed by atoms with Crippen molar-refractivity contribution in [2.24, 2.45) is 0 Å². The molecule has 6 aromatic carbocycles. The van der Waals surface area contributed by atoms with Crippen molar-refractivity contribution in [3.05, 3.63) is 209 Å². The van der Waals surface area contributed by atoms with Crippen LogP contribution in [0.2, 0.25) is 0 Å². The summed E-state index contributed by atoms with van der Waals surface area (Å²) in [5.74, 6) is 0. The number of hydrogen-bond acceptors (Lipinski definition) is 6. The number of rotatable bonds is 17. The molecular weight excluding hydrogens is 689 g/mol. The molecule has 0 unspecified atom stereocenters. The third-order valence-corrected chi connectivity index (χ3v) is 10.5. The van der Waals surface area contributed by atoms with E-state index in [1.807, 2.05) is 72.8 Å². The van der Waals surface area contributed by atoms with E-state index in [0.29, 0.717) is 33.0 Å². The van der Waals surface area contributed by atoms with Crippen molar-refractivity contribution in [2.75, 3.05) is 12.9 Å². The van der Waals surface area contributed by atoms with Crippen LogP contribution in [0, 0.1) is 0 Å². The summed E-state index contributed by atoms with van der Waals surface area (Å²) in [5, 5.41) is 0. The molecule has 1 saturated heterocycles. The first-order chi connectivity index (χ1) is 26.7. The van der Waals surface area contributed by atoms with Crippen LogP contribution in [0.3, 0.4) is 0 Å². The summed E-state index contributed by atoms with van der Waals surface area (Å²) in [4.78, 5) is 1.26. The molecule has 5 nitrogen and oxygen atoms in total. The van der Waals surface area contributed by atoms with Gasteiger partial charge in [-0.3, -0.25) is 0 Å². The normalized spacial score (nSPS) is 19.8. The Kier molecular flexibility index (Phi) is 13.8. The molecule has 54 heavy (non-hydrogen) atoms. The van der Waals surface area contributed by atoms with E-state index < -0.39 is 30.5 Å². The van der Waals surface area contributed by atoms with Crippen LogP contribution >= 0.6 is 11.8 Å². The maximum atomic E-state index is 7.17. The van der Waals surface area contributed by atoms with E-state index in [0.717, 1.165) is 34.2 Å². The van der Waals surface area contributed by atoms with Crippen LogP contribution < -0.4 is 0 Å². The van der Waals surface area contributed by atoms with E-state index in [1.165, 1.54) is 16.0 Å². The Bertz CT molecular complexity index is 1960. The Morgan fingerprint density at radius 3 is 1.48 bits per heavy atom. The molecule has 6 aromatic rings. The van der Waals surface area contributed by atoms with Gasteiger partial charge in [-0.2, -0.15) is 0 Å². The highest BCUT2D eigenvalue weighted by molar-refractivity contribution is 7.98. The maximum Gasteiger partial charge on any atom is 0.117 e. The van der Waals surface area contributed by atoms with Gasteiger partial charge in [-0.05, 0) is 63.8 Å². The summed E-state index contributed by atoms with van der Waals surface area (Å²) >= 11 is 1.75. The molecule has 1 fully saturated rings. The van der Waals surface area contributed by atoms with Gasteiger partial charge in [0.2, 0.25) is 0 Å². The molecule has 0 bridgehead atoms. The van der Waals surface area contributed by atoms with E-state index >= 15 is 0 Å². The van der Waals surface area contributed by atoms with Gasteiger partial charge >= 0.3 is 0 Å². The highest BCUT2D eigenvalue weighted by Gasteiger charge is 2.49. The summed E-state index contributed by atoms with van der Waals surface area (Å²) in [5.41, 5.74) is 7.84. The first-order valence-corrected chi connectivity index (χ1v) is 19.9. The van der Waals surface area contributed by atoms with Crippen LogP contribution in [0.1, 0.15) is 45.0 Å². The highest BCUT2D eigenvalue weighted by Crippen LogP contribution is 2.39. The lowest BCUT2D eigenvalue weighted by atomic mass is 9.89. The Morgan fingerprint density at radius 2 is 0.944 bits per heavy atom. The van der Waals surface area contributed by atoms with Crippen molar-refractivity contribution in [3.63, 3.8) is 0 Å². The molecule has 0 amide bonds. The van der Waals surface area contributed by atoms with Crippen LogP contribution in [0.4, 0.5) is 0 Å². The molecule has 5 atom stereocenters. The molecule has 1 aliphatic rings. The van der Waals surface area contributed by atoms with Gasteiger partial charge in [0.15, 0.2) is 0 Å². The number of ether oxygens (including phenoxy) is 5. The molecule has 0 aliphatic carbocycles. The van der Waals surface area contributed by atoms with Gasteiger partial charge in [-0.25, -0.2) is 0 Å². The van der Waals surface area contributed by atoms with Gasteiger partial charge in [0.1, 0.15) is 30.5 Å². The van der Waals surface area contributed by atoms with Crippen molar-refractivity contribution < 1.29 is 23.7 Å². The Balaban J connectivity index is 1.24. The fraction of sp³-hybridized carbons (Fsp3) is 0.250. The predicted molar refractivity (Wildman–Crippen MR) is 216 cm³/mol. The van der Waals surface area contributed by atoms with E-state index in [4.69, 9.17) is 23.7 Å². The summed E-state index contributed by atoms with van der Waals surface area (Å²) in [6.07, 6.45) is 0.566. The van der Waals surface area contributed by atoms with Crippen LogP contribution in [-0.4, -0.2) is 37.3 Å². The summed E-state index contributed by atoms with van der Waals surface area (Å²) < 4.78 is 34.4. The molecule has 1 aliphatic heterocycles. The number of thioether (sulfide) groups is 1. The minimum atomic E-state index is -0.490. The summed E-state index contributed by atoms with van der Waals surface area (Å²) in [7, 11) is 0. The van der Waals surface area contributed by atoms with Gasteiger partial charge in [0.25, 0.3) is 0 Å². The topological polar surface area (TPSA) is 46.2 Å². The predicted octanol–water partition coefficient (Wildman–Crippen LogP) is 10.4. The average Bonchev–Trinajstić information content (AvgIpc) is 3.23. The minimum absolute atomic E-state index is 0.322. The van der Waals surface area contributed by atoms with E-state index in [2.05, 4.69) is 103 Å². The molecule has 0 N–H and O–H groups in total. The first kappa shape index (κ1) is 37.8. The Morgan fingerprint density at radius 1 is 0.463 bits per heavy atom. The molecule has 7 rings (SSSR count). The first-order valence-electron chi connectivity index (χ1n) is 18.7. The molecule has 0 radical (unpaired) electrons. The zero-order chi connectivity index (χ0) is 36.8. The second-order valence-electron chi connectivity index (χ2n) is 13.6.